The zero-order chi connectivity index (χ0) is 21.6. The molecule has 6 nitrogen and oxygen atoms in total. The summed E-state index contributed by atoms with van der Waals surface area (Å²) < 4.78 is 5.99. The van der Waals surface area contributed by atoms with E-state index >= 15 is 0 Å². The second-order valence-electron chi connectivity index (χ2n) is 7.22. The van der Waals surface area contributed by atoms with E-state index in [-0.39, 0.29) is 0 Å². The SMILES string of the molecule is c1ccc(COc2cccc(-c3[nH]ncc3-c3ccnc(Nc4ccccc4)n3)c2)cc1. The highest BCUT2D eigenvalue weighted by molar-refractivity contribution is 5.79. The monoisotopic (exact) mass is 419 g/mol. The van der Waals surface area contributed by atoms with E-state index in [4.69, 9.17) is 4.74 Å². The van der Waals surface area contributed by atoms with Crippen molar-refractivity contribution in [2.75, 3.05) is 5.32 Å². The van der Waals surface area contributed by atoms with Gasteiger partial charge in [0.05, 0.1) is 17.6 Å². The molecule has 6 heteroatoms. The molecular formula is C26H21N5O. The van der Waals surface area contributed by atoms with Gasteiger partial charge in [0.2, 0.25) is 5.95 Å². The predicted molar refractivity (Wildman–Crippen MR) is 126 cm³/mol. The fraction of sp³-hybridized carbons (Fsp3) is 0.0385. The third-order valence-electron chi connectivity index (χ3n) is 4.97. The van der Waals surface area contributed by atoms with Gasteiger partial charge in [-0.3, -0.25) is 5.10 Å². The van der Waals surface area contributed by atoms with E-state index in [0.717, 1.165) is 39.5 Å². The molecule has 0 bridgehead atoms. The lowest BCUT2D eigenvalue weighted by Gasteiger charge is -2.09. The summed E-state index contributed by atoms with van der Waals surface area (Å²) in [5.74, 6) is 1.32. The Morgan fingerprint density at radius 1 is 0.844 bits per heavy atom. The first kappa shape index (κ1) is 19.5. The van der Waals surface area contributed by atoms with Gasteiger partial charge in [0.1, 0.15) is 12.4 Å². The van der Waals surface area contributed by atoms with Gasteiger partial charge in [0.25, 0.3) is 0 Å². The number of hydrogen-bond donors (Lipinski definition) is 2. The van der Waals surface area contributed by atoms with Crippen LogP contribution >= 0.6 is 0 Å². The molecule has 0 unspecified atom stereocenters. The number of H-pyrrole nitrogens is 1. The molecule has 5 aromatic rings. The fourth-order valence-electron chi connectivity index (χ4n) is 3.40. The molecule has 2 heterocycles. The van der Waals surface area contributed by atoms with Crippen LogP contribution in [0.2, 0.25) is 0 Å². The van der Waals surface area contributed by atoms with E-state index in [1.54, 1.807) is 12.4 Å². The lowest BCUT2D eigenvalue weighted by atomic mass is 10.1. The van der Waals surface area contributed by atoms with Crippen LogP contribution in [0.4, 0.5) is 11.6 Å². The highest BCUT2D eigenvalue weighted by Crippen LogP contribution is 2.31. The minimum atomic E-state index is 0.514. The van der Waals surface area contributed by atoms with Crippen molar-refractivity contribution in [2.24, 2.45) is 0 Å². The average Bonchev–Trinajstić information content (AvgIpc) is 3.35. The van der Waals surface area contributed by atoms with Gasteiger partial charge in [-0.05, 0) is 35.9 Å². The van der Waals surface area contributed by atoms with Gasteiger partial charge in [0.15, 0.2) is 0 Å². The van der Waals surface area contributed by atoms with E-state index in [2.05, 4.69) is 25.5 Å². The Morgan fingerprint density at radius 2 is 1.66 bits per heavy atom. The molecular weight excluding hydrogens is 398 g/mol. The average molecular weight is 419 g/mol. The molecule has 156 valence electrons. The predicted octanol–water partition coefficient (Wildman–Crippen LogP) is 5.86. The van der Waals surface area contributed by atoms with Crippen LogP contribution in [0.15, 0.2) is 103 Å². The zero-order valence-corrected chi connectivity index (χ0v) is 17.3. The Balaban J connectivity index is 1.39. The number of aromatic nitrogens is 4. The second kappa shape index (κ2) is 9.14. The van der Waals surface area contributed by atoms with Gasteiger partial charge in [-0.15, -0.1) is 0 Å². The van der Waals surface area contributed by atoms with E-state index in [0.29, 0.717) is 12.6 Å². The van der Waals surface area contributed by atoms with Crippen LogP contribution in [0.5, 0.6) is 5.75 Å². The number of ether oxygens (including phenoxy) is 1. The molecule has 2 aromatic heterocycles. The van der Waals surface area contributed by atoms with Crippen LogP contribution in [0.1, 0.15) is 5.56 Å². The number of hydrogen-bond acceptors (Lipinski definition) is 5. The van der Waals surface area contributed by atoms with Gasteiger partial charge in [-0.2, -0.15) is 5.10 Å². The molecule has 0 aliphatic carbocycles. The van der Waals surface area contributed by atoms with E-state index in [9.17, 15) is 0 Å². The van der Waals surface area contributed by atoms with Crippen molar-refractivity contribution in [3.63, 3.8) is 0 Å². The number of nitrogens with zero attached hydrogens (tertiary/aromatic N) is 3. The van der Waals surface area contributed by atoms with Crippen LogP contribution in [0.3, 0.4) is 0 Å². The van der Waals surface area contributed by atoms with Gasteiger partial charge >= 0.3 is 0 Å². The summed E-state index contributed by atoms with van der Waals surface area (Å²) in [6, 6.07) is 29.8. The van der Waals surface area contributed by atoms with Crippen molar-refractivity contribution in [1.82, 2.24) is 20.2 Å². The van der Waals surface area contributed by atoms with Crippen molar-refractivity contribution in [3.05, 3.63) is 109 Å². The molecule has 2 N–H and O–H groups in total. The van der Waals surface area contributed by atoms with Crippen molar-refractivity contribution in [1.29, 1.82) is 0 Å². The first-order valence-electron chi connectivity index (χ1n) is 10.3. The molecule has 32 heavy (non-hydrogen) atoms. The molecule has 0 atom stereocenters. The summed E-state index contributed by atoms with van der Waals surface area (Å²) in [4.78, 5) is 9.02. The van der Waals surface area contributed by atoms with Crippen LogP contribution in [0, 0.1) is 0 Å². The Morgan fingerprint density at radius 3 is 2.50 bits per heavy atom. The van der Waals surface area contributed by atoms with Crippen molar-refractivity contribution < 1.29 is 4.74 Å². The lowest BCUT2D eigenvalue weighted by Crippen LogP contribution is -1.98. The Bertz CT molecular complexity index is 1300. The van der Waals surface area contributed by atoms with Gasteiger partial charge in [-0.25, -0.2) is 9.97 Å². The smallest absolute Gasteiger partial charge is 0.227 e. The summed E-state index contributed by atoms with van der Waals surface area (Å²) in [5.41, 5.74) is 5.57. The molecule has 0 amide bonds. The quantitative estimate of drug-likeness (QED) is 0.346. The normalized spacial score (nSPS) is 10.6. The third-order valence-corrected chi connectivity index (χ3v) is 4.97. The number of anilines is 2. The highest BCUT2D eigenvalue weighted by atomic mass is 16.5. The van der Waals surface area contributed by atoms with Crippen LogP contribution in [-0.4, -0.2) is 20.2 Å². The third kappa shape index (κ3) is 4.49. The molecule has 0 saturated carbocycles. The Hall–Kier alpha value is -4.45. The topological polar surface area (TPSA) is 75.7 Å². The molecule has 0 aliphatic heterocycles. The number of aromatic amines is 1. The molecule has 5 rings (SSSR count). The molecule has 0 spiro atoms. The molecule has 0 radical (unpaired) electrons. The van der Waals surface area contributed by atoms with Crippen molar-refractivity contribution in [2.45, 2.75) is 6.61 Å². The zero-order valence-electron chi connectivity index (χ0n) is 17.3. The maximum absolute atomic E-state index is 5.99. The number of nitrogens with one attached hydrogen (secondary N) is 2. The largest absolute Gasteiger partial charge is 0.489 e. The van der Waals surface area contributed by atoms with Crippen LogP contribution in [-0.2, 0) is 6.61 Å². The van der Waals surface area contributed by atoms with Crippen molar-refractivity contribution >= 4 is 11.6 Å². The minimum absolute atomic E-state index is 0.514. The molecule has 3 aromatic carbocycles. The summed E-state index contributed by atoms with van der Waals surface area (Å²) in [6.45, 7) is 0.514. The van der Waals surface area contributed by atoms with Gasteiger partial charge in [0, 0.05) is 23.0 Å². The lowest BCUT2D eigenvalue weighted by molar-refractivity contribution is 0.306. The van der Waals surface area contributed by atoms with E-state index < -0.39 is 0 Å². The first-order valence-corrected chi connectivity index (χ1v) is 10.3. The van der Waals surface area contributed by atoms with Crippen LogP contribution in [0.25, 0.3) is 22.5 Å². The van der Waals surface area contributed by atoms with E-state index in [1.165, 1.54) is 0 Å². The second-order valence-corrected chi connectivity index (χ2v) is 7.22. The molecule has 0 fully saturated rings. The maximum atomic E-state index is 5.99. The Kier molecular flexibility index (Phi) is 5.57. The van der Waals surface area contributed by atoms with Gasteiger partial charge in [-0.1, -0.05) is 60.7 Å². The highest BCUT2D eigenvalue weighted by Gasteiger charge is 2.13. The van der Waals surface area contributed by atoms with Crippen LogP contribution < -0.4 is 10.1 Å². The Labute approximate surface area is 186 Å². The van der Waals surface area contributed by atoms with E-state index in [1.807, 2.05) is 91.0 Å². The maximum Gasteiger partial charge on any atom is 0.227 e. The number of para-hydroxylation sites is 1. The number of rotatable bonds is 7. The number of benzene rings is 3. The minimum Gasteiger partial charge on any atom is -0.489 e. The molecule has 0 aliphatic rings. The fourth-order valence-corrected chi connectivity index (χ4v) is 3.40. The summed E-state index contributed by atoms with van der Waals surface area (Å²) in [6.07, 6.45) is 3.52. The summed E-state index contributed by atoms with van der Waals surface area (Å²) in [5, 5.41) is 10.6. The first-order chi connectivity index (χ1) is 15.8. The molecule has 0 saturated heterocycles. The van der Waals surface area contributed by atoms with Gasteiger partial charge < -0.3 is 10.1 Å². The standard InChI is InChI=1S/C26H21N5O/c1-3-8-19(9-4-1)18-32-22-13-7-10-20(16-22)25-23(17-28-31-25)24-14-15-27-26(30-24)29-21-11-5-2-6-12-21/h1-17H,18H2,(H,28,31)(H,27,29,30). The van der Waals surface area contributed by atoms with Crippen molar-refractivity contribution in [3.8, 4) is 28.3 Å². The summed E-state index contributed by atoms with van der Waals surface area (Å²) in [7, 11) is 0. The summed E-state index contributed by atoms with van der Waals surface area (Å²) >= 11 is 0.